The molecule has 152 valence electrons. The number of carbonyl (C=O) groups excluding carboxylic acids is 3. The van der Waals surface area contributed by atoms with Crippen LogP contribution in [0.5, 0.6) is 0 Å². The molecule has 1 heterocycles. The first-order valence-electron chi connectivity index (χ1n) is 8.51. The van der Waals surface area contributed by atoms with Crippen LogP contribution in [-0.4, -0.2) is 17.7 Å². The third kappa shape index (κ3) is 4.71. The summed E-state index contributed by atoms with van der Waals surface area (Å²) in [4.78, 5) is 35.5. The van der Waals surface area contributed by atoms with Gasteiger partial charge in [0, 0.05) is 24.9 Å². The van der Waals surface area contributed by atoms with Crippen LogP contribution < -0.4 is 15.8 Å². The molecule has 2 aromatic rings. The minimum atomic E-state index is -4.75. The summed E-state index contributed by atoms with van der Waals surface area (Å²) in [6, 6.07) is 7.82. The molecule has 29 heavy (non-hydrogen) atoms. The highest BCUT2D eigenvalue weighted by molar-refractivity contribution is 6.01. The molecule has 2 N–H and O–H groups in total. The van der Waals surface area contributed by atoms with Crippen molar-refractivity contribution >= 4 is 23.4 Å². The van der Waals surface area contributed by atoms with Gasteiger partial charge in [0.1, 0.15) is 5.82 Å². The zero-order valence-corrected chi connectivity index (χ0v) is 14.8. The SMILES string of the molecule is O=C1CCC(=O)N(c2ccc(C(=O)NCc3ccc(F)cc3C(F)(F)F)cc2)N1. The predicted octanol–water partition coefficient (Wildman–Crippen LogP) is 2.93. The van der Waals surface area contributed by atoms with E-state index in [-0.39, 0.29) is 35.8 Å². The topological polar surface area (TPSA) is 78.5 Å². The monoisotopic (exact) mass is 409 g/mol. The van der Waals surface area contributed by atoms with E-state index in [9.17, 15) is 31.9 Å². The molecule has 1 saturated heterocycles. The number of halogens is 4. The van der Waals surface area contributed by atoms with Gasteiger partial charge in [0.05, 0.1) is 11.3 Å². The van der Waals surface area contributed by atoms with Gasteiger partial charge in [-0.25, -0.2) is 9.40 Å². The van der Waals surface area contributed by atoms with Crippen LogP contribution in [0.1, 0.15) is 34.3 Å². The van der Waals surface area contributed by atoms with Crippen molar-refractivity contribution in [1.82, 2.24) is 10.7 Å². The molecular formula is C19H15F4N3O3. The molecule has 1 aliphatic rings. The van der Waals surface area contributed by atoms with Crippen LogP contribution in [0.2, 0.25) is 0 Å². The quantitative estimate of drug-likeness (QED) is 0.763. The highest BCUT2D eigenvalue weighted by atomic mass is 19.4. The fourth-order valence-corrected chi connectivity index (χ4v) is 2.79. The maximum atomic E-state index is 13.1. The lowest BCUT2D eigenvalue weighted by atomic mass is 10.1. The van der Waals surface area contributed by atoms with Crippen LogP contribution in [0.4, 0.5) is 23.2 Å². The minimum absolute atomic E-state index is 0.0628. The van der Waals surface area contributed by atoms with Gasteiger partial charge in [-0.05, 0) is 42.0 Å². The summed E-state index contributed by atoms with van der Waals surface area (Å²) >= 11 is 0. The third-order valence-corrected chi connectivity index (χ3v) is 4.26. The number of hydrazine groups is 1. The van der Waals surface area contributed by atoms with Crippen LogP contribution in [-0.2, 0) is 22.3 Å². The van der Waals surface area contributed by atoms with Crippen LogP contribution in [0.25, 0.3) is 0 Å². The maximum absolute atomic E-state index is 13.1. The van der Waals surface area contributed by atoms with Crippen LogP contribution >= 0.6 is 0 Å². The first-order valence-corrected chi connectivity index (χ1v) is 8.51. The summed E-state index contributed by atoms with van der Waals surface area (Å²) in [6.07, 6.45) is -4.60. The Morgan fingerprint density at radius 1 is 1.07 bits per heavy atom. The van der Waals surface area contributed by atoms with Crippen LogP contribution in [0, 0.1) is 5.82 Å². The van der Waals surface area contributed by atoms with E-state index in [0.29, 0.717) is 11.8 Å². The largest absolute Gasteiger partial charge is 0.416 e. The van der Waals surface area contributed by atoms with E-state index in [2.05, 4.69) is 10.7 Å². The van der Waals surface area contributed by atoms with E-state index >= 15 is 0 Å². The number of benzene rings is 2. The molecule has 0 spiro atoms. The lowest BCUT2D eigenvalue weighted by Gasteiger charge is -2.27. The Morgan fingerprint density at radius 2 is 1.76 bits per heavy atom. The molecule has 10 heteroatoms. The van der Waals surface area contributed by atoms with E-state index in [1.165, 1.54) is 24.3 Å². The zero-order chi connectivity index (χ0) is 21.2. The number of amides is 3. The standard InChI is InChI=1S/C19H15F4N3O3/c20-13-4-1-12(15(9-13)19(21,22)23)10-24-18(29)11-2-5-14(6-3-11)26-17(28)8-7-16(27)25-26/h1-6,9H,7-8,10H2,(H,24,29)(H,25,27). The molecule has 3 rings (SSSR count). The van der Waals surface area contributed by atoms with Crippen molar-refractivity contribution in [2.75, 3.05) is 5.01 Å². The molecule has 0 radical (unpaired) electrons. The average Bonchev–Trinajstić information content (AvgIpc) is 2.68. The van der Waals surface area contributed by atoms with Crippen molar-refractivity contribution in [2.45, 2.75) is 25.6 Å². The summed E-state index contributed by atoms with van der Waals surface area (Å²) < 4.78 is 52.2. The molecule has 2 aromatic carbocycles. The number of carbonyl (C=O) groups is 3. The summed E-state index contributed by atoms with van der Waals surface area (Å²) in [6.45, 7) is -0.448. The molecule has 0 aromatic heterocycles. The Balaban J connectivity index is 1.69. The second-order valence-corrected chi connectivity index (χ2v) is 6.29. The number of nitrogens with zero attached hydrogens (tertiary/aromatic N) is 1. The fourth-order valence-electron chi connectivity index (χ4n) is 2.79. The zero-order valence-electron chi connectivity index (χ0n) is 14.8. The summed E-state index contributed by atoms with van der Waals surface area (Å²) in [5, 5.41) is 3.42. The molecule has 0 saturated carbocycles. The molecule has 6 nitrogen and oxygen atoms in total. The molecule has 1 aliphatic heterocycles. The van der Waals surface area contributed by atoms with Crippen LogP contribution in [0.15, 0.2) is 42.5 Å². The fraction of sp³-hybridized carbons (Fsp3) is 0.211. The van der Waals surface area contributed by atoms with Gasteiger partial charge in [-0.2, -0.15) is 13.2 Å². The Kier molecular flexibility index (Phi) is 5.53. The highest BCUT2D eigenvalue weighted by Gasteiger charge is 2.33. The molecule has 0 bridgehead atoms. The van der Waals surface area contributed by atoms with Crippen molar-refractivity contribution in [3.8, 4) is 0 Å². The molecule has 3 amide bonds. The maximum Gasteiger partial charge on any atom is 0.416 e. The van der Waals surface area contributed by atoms with E-state index in [0.717, 1.165) is 17.1 Å². The van der Waals surface area contributed by atoms with E-state index in [1.807, 2.05) is 0 Å². The minimum Gasteiger partial charge on any atom is -0.348 e. The predicted molar refractivity (Wildman–Crippen MR) is 93.9 cm³/mol. The highest BCUT2D eigenvalue weighted by Crippen LogP contribution is 2.32. The van der Waals surface area contributed by atoms with E-state index < -0.39 is 30.0 Å². The molecule has 0 atom stereocenters. The van der Waals surface area contributed by atoms with Gasteiger partial charge in [-0.1, -0.05) is 6.07 Å². The van der Waals surface area contributed by atoms with Gasteiger partial charge >= 0.3 is 6.18 Å². The van der Waals surface area contributed by atoms with Crippen molar-refractivity contribution in [3.63, 3.8) is 0 Å². The molecule has 0 unspecified atom stereocenters. The lowest BCUT2D eigenvalue weighted by Crippen LogP contribution is -2.50. The number of rotatable bonds is 4. The number of anilines is 1. The third-order valence-electron chi connectivity index (χ3n) is 4.26. The van der Waals surface area contributed by atoms with Crippen LogP contribution in [0.3, 0.4) is 0 Å². The molecule has 1 fully saturated rings. The summed E-state index contributed by atoms with van der Waals surface area (Å²) in [5.41, 5.74) is 1.46. The number of alkyl halides is 3. The van der Waals surface area contributed by atoms with E-state index in [1.54, 1.807) is 0 Å². The lowest BCUT2D eigenvalue weighted by molar-refractivity contribution is -0.138. The first-order chi connectivity index (χ1) is 13.6. The number of hydrogen-bond donors (Lipinski definition) is 2. The van der Waals surface area contributed by atoms with Crippen molar-refractivity contribution in [3.05, 3.63) is 65.0 Å². The van der Waals surface area contributed by atoms with Gasteiger partial charge in [-0.15, -0.1) is 0 Å². The Hall–Kier alpha value is -3.43. The Morgan fingerprint density at radius 3 is 2.41 bits per heavy atom. The summed E-state index contributed by atoms with van der Waals surface area (Å²) in [5.74, 6) is -2.30. The average molecular weight is 409 g/mol. The van der Waals surface area contributed by atoms with Crippen molar-refractivity contribution in [2.24, 2.45) is 0 Å². The van der Waals surface area contributed by atoms with Crippen molar-refractivity contribution < 1.29 is 31.9 Å². The second-order valence-electron chi connectivity index (χ2n) is 6.29. The van der Waals surface area contributed by atoms with Gasteiger partial charge in [0.15, 0.2) is 0 Å². The molecule has 0 aliphatic carbocycles. The van der Waals surface area contributed by atoms with Gasteiger partial charge in [0.25, 0.3) is 5.91 Å². The van der Waals surface area contributed by atoms with Gasteiger partial charge in [0.2, 0.25) is 11.8 Å². The molecular weight excluding hydrogens is 394 g/mol. The first kappa shape index (κ1) is 20.3. The smallest absolute Gasteiger partial charge is 0.348 e. The Bertz CT molecular complexity index is 958. The van der Waals surface area contributed by atoms with Gasteiger partial charge in [-0.3, -0.25) is 19.8 Å². The number of nitrogens with one attached hydrogen (secondary N) is 2. The Labute approximate surface area is 162 Å². The summed E-state index contributed by atoms with van der Waals surface area (Å²) in [7, 11) is 0. The van der Waals surface area contributed by atoms with E-state index in [4.69, 9.17) is 0 Å². The number of hydrogen-bond acceptors (Lipinski definition) is 3. The van der Waals surface area contributed by atoms with Crippen molar-refractivity contribution in [1.29, 1.82) is 0 Å². The second kappa shape index (κ2) is 7.90. The van der Waals surface area contributed by atoms with Gasteiger partial charge < -0.3 is 5.32 Å². The normalized spacial score (nSPS) is 14.6.